The molecule has 2 aromatic heterocycles. The van der Waals surface area contributed by atoms with Crippen molar-refractivity contribution >= 4 is 12.0 Å². The van der Waals surface area contributed by atoms with E-state index < -0.39 is 0 Å². The van der Waals surface area contributed by atoms with Crippen LogP contribution >= 0.6 is 0 Å². The fourth-order valence-corrected chi connectivity index (χ4v) is 1.10. The molecule has 0 aliphatic heterocycles. The molecule has 0 bridgehead atoms. The molecule has 3 heteroatoms. The molecule has 0 spiro atoms. The molecule has 0 unspecified atom stereocenters. The molecule has 70 valence electrons. The second kappa shape index (κ2) is 3.79. The largest absolute Gasteiger partial charge is 0.472 e. The van der Waals surface area contributed by atoms with E-state index in [1.54, 1.807) is 37.1 Å². The van der Waals surface area contributed by atoms with Crippen molar-refractivity contribution in [3.05, 3.63) is 54.8 Å². The Morgan fingerprint density at radius 2 is 2.14 bits per heavy atom. The summed E-state index contributed by atoms with van der Waals surface area (Å²) < 4.78 is 6.38. The van der Waals surface area contributed by atoms with E-state index in [1.807, 2.05) is 12.1 Å². The molecular weight excluding hydrogens is 178 g/mol. The van der Waals surface area contributed by atoms with Crippen LogP contribution in [-0.2, 0) is 0 Å². The summed E-state index contributed by atoms with van der Waals surface area (Å²) in [6.45, 7) is 0. The van der Waals surface area contributed by atoms with Gasteiger partial charge in [-0.25, -0.2) is 0 Å². The van der Waals surface area contributed by atoms with Crippen molar-refractivity contribution in [1.82, 2.24) is 4.57 Å². The molecule has 0 aromatic carbocycles. The number of carbonyl (C=O) groups is 1. The summed E-state index contributed by atoms with van der Waals surface area (Å²) in [5.74, 6) is -0.0730. The van der Waals surface area contributed by atoms with Crippen molar-refractivity contribution in [2.45, 2.75) is 0 Å². The van der Waals surface area contributed by atoms with Gasteiger partial charge in [-0.15, -0.1) is 0 Å². The second-order valence-electron chi connectivity index (χ2n) is 2.82. The Morgan fingerprint density at radius 3 is 2.79 bits per heavy atom. The standard InChI is InChI=1S/C11H9NO2/c13-11(12-6-1-2-7-12)4-3-10-5-8-14-9-10/h1-9H/b4-3+. The number of rotatable bonds is 2. The van der Waals surface area contributed by atoms with Crippen molar-refractivity contribution in [2.24, 2.45) is 0 Å². The van der Waals surface area contributed by atoms with Crippen molar-refractivity contribution in [3.63, 3.8) is 0 Å². The molecule has 0 aliphatic rings. The van der Waals surface area contributed by atoms with Crippen LogP contribution in [0.15, 0.2) is 53.6 Å². The Bertz CT molecular complexity index is 424. The molecular formula is C11H9NO2. The van der Waals surface area contributed by atoms with E-state index in [0.29, 0.717) is 0 Å². The van der Waals surface area contributed by atoms with E-state index in [4.69, 9.17) is 4.42 Å². The molecule has 2 rings (SSSR count). The highest BCUT2D eigenvalue weighted by Crippen LogP contribution is 2.02. The summed E-state index contributed by atoms with van der Waals surface area (Å²) in [7, 11) is 0. The normalized spacial score (nSPS) is 10.9. The third kappa shape index (κ3) is 1.82. The van der Waals surface area contributed by atoms with Gasteiger partial charge in [0.1, 0.15) is 0 Å². The lowest BCUT2D eigenvalue weighted by Gasteiger charge is -1.92. The minimum absolute atomic E-state index is 0.0730. The van der Waals surface area contributed by atoms with Gasteiger partial charge in [0.05, 0.1) is 12.5 Å². The van der Waals surface area contributed by atoms with Crippen LogP contribution in [0.2, 0.25) is 0 Å². The number of hydrogen-bond donors (Lipinski definition) is 0. The first-order chi connectivity index (χ1) is 6.86. The van der Waals surface area contributed by atoms with Gasteiger partial charge in [-0.3, -0.25) is 9.36 Å². The van der Waals surface area contributed by atoms with E-state index >= 15 is 0 Å². The number of allylic oxidation sites excluding steroid dienone is 1. The molecule has 2 aromatic rings. The Hall–Kier alpha value is -2.03. The van der Waals surface area contributed by atoms with Crippen molar-refractivity contribution in [1.29, 1.82) is 0 Å². The zero-order valence-electron chi connectivity index (χ0n) is 7.46. The van der Waals surface area contributed by atoms with Crippen LogP contribution in [0.5, 0.6) is 0 Å². The minimum atomic E-state index is -0.0730. The lowest BCUT2D eigenvalue weighted by Crippen LogP contribution is -2.02. The van der Waals surface area contributed by atoms with E-state index in [1.165, 1.54) is 10.6 Å². The number of carbonyl (C=O) groups excluding carboxylic acids is 1. The highest BCUT2D eigenvalue weighted by Gasteiger charge is 1.96. The molecule has 14 heavy (non-hydrogen) atoms. The quantitative estimate of drug-likeness (QED) is 0.677. The number of furan rings is 1. The molecule has 0 aliphatic carbocycles. The van der Waals surface area contributed by atoms with Gasteiger partial charge in [0.25, 0.3) is 5.91 Å². The summed E-state index contributed by atoms with van der Waals surface area (Å²) in [6.07, 6.45) is 9.79. The van der Waals surface area contributed by atoms with Gasteiger partial charge in [0, 0.05) is 24.0 Å². The molecule has 0 saturated carbocycles. The summed E-state index contributed by atoms with van der Waals surface area (Å²) in [5.41, 5.74) is 0.880. The first-order valence-electron chi connectivity index (χ1n) is 4.24. The third-order valence-electron chi connectivity index (χ3n) is 1.82. The molecule has 3 nitrogen and oxygen atoms in total. The van der Waals surface area contributed by atoms with E-state index in [0.717, 1.165) is 5.56 Å². The van der Waals surface area contributed by atoms with Gasteiger partial charge >= 0.3 is 0 Å². The molecule has 0 atom stereocenters. The third-order valence-corrected chi connectivity index (χ3v) is 1.82. The first kappa shape index (κ1) is 8.56. The van der Waals surface area contributed by atoms with Gasteiger partial charge in [-0.05, 0) is 24.3 Å². The molecule has 2 heterocycles. The minimum Gasteiger partial charge on any atom is -0.472 e. The van der Waals surface area contributed by atoms with Gasteiger partial charge in [-0.2, -0.15) is 0 Å². The maximum atomic E-state index is 11.4. The second-order valence-corrected chi connectivity index (χ2v) is 2.82. The maximum Gasteiger partial charge on any atom is 0.254 e. The van der Waals surface area contributed by atoms with E-state index in [2.05, 4.69) is 0 Å². The number of nitrogens with zero attached hydrogens (tertiary/aromatic N) is 1. The summed E-state index contributed by atoms with van der Waals surface area (Å²) in [5, 5.41) is 0. The van der Waals surface area contributed by atoms with Gasteiger partial charge in [0.15, 0.2) is 0 Å². The molecule has 0 amide bonds. The van der Waals surface area contributed by atoms with Crippen LogP contribution in [0.3, 0.4) is 0 Å². The SMILES string of the molecule is O=C(/C=C/c1ccoc1)n1cccc1. The van der Waals surface area contributed by atoms with E-state index in [9.17, 15) is 4.79 Å². The fraction of sp³-hybridized carbons (Fsp3) is 0. The first-order valence-corrected chi connectivity index (χ1v) is 4.24. The Kier molecular flexibility index (Phi) is 2.32. The van der Waals surface area contributed by atoms with Crippen LogP contribution in [-0.4, -0.2) is 10.5 Å². The van der Waals surface area contributed by atoms with Crippen LogP contribution < -0.4 is 0 Å². The number of hydrogen-bond acceptors (Lipinski definition) is 2. The van der Waals surface area contributed by atoms with Crippen molar-refractivity contribution in [2.75, 3.05) is 0 Å². The highest BCUT2D eigenvalue weighted by molar-refractivity contribution is 5.93. The smallest absolute Gasteiger partial charge is 0.254 e. The molecule has 0 N–H and O–H groups in total. The van der Waals surface area contributed by atoms with Gasteiger partial charge in [0.2, 0.25) is 0 Å². The monoisotopic (exact) mass is 187 g/mol. The Balaban J connectivity index is 2.09. The summed E-state index contributed by atoms with van der Waals surface area (Å²) in [4.78, 5) is 11.4. The lowest BCUT2D eigenvalue weighted by atomic mass is 10.3. The molecule has 0 radical (unpaired) electrons. The lowest BCUT2D eigenvalue weighted by molar-refractivity contribution is 0.0970. The van der Waals surface area contributed by atoms with Crippen LogP contribution in [0, 0.1) is 0 Å². The fourth-order valence-electron chi connectivity index (χ4n) is 1.10. The van der Waals surface area contributed by atoms with Crippen molar-refractivity contribution in [3.8, 4) is 0 Å². The van der Waals surface area contributed by atoms with Gasteiger partial charge in [-0.1, -0.05) is 0 Å². The zero-order valence-corrected chi connectivity index (χ0v) is 7.46. The summed E-state index contributed by atoms with van der Waals surface area (Å²) >= 11 is 0. The van der Waals surface area contributed by atoms with E-state index in [-0.39, 0.29) is 5.91 Å². The Labute approximate surface area is 81.3 Å². The average molecular weight is 187 g/mol. The molecule has 0 fully saturated rings. The zero-order chi connectivity index (χ0) is 9.80. The van der Waals surface area contributed by atoms with Gasteiger partial charge < -0.3 is 4.42 Å². The van der Waals surface area contributed by atoms with Crippen LogP contribution in [0.1, 0.15) is 10.4 Å². The van der Waals surface area contributed by atoms with Crippen LogP contribution in [0.4, 0.5) is 0 Å². The maximum absolute atomic E-state index is 11.4. The van der Waals surface area contributed by atoms with Crippen molar-refractivity contribution < 1.29 is 9.21 Å². The predicted octanol–water partition coefficient (Wildman–Crippen LogP) is 2.43. The Morgan fingerprint density at radius 1 is 1.36 bits per heavy atom. The topological polar surface area (TPSA) is 35.1 Å². The average Bonchev–Trinajstić information content (AvgIpc) is 2.87. The van der Waals surface area contributed by atoms with Crippen LogP contribution in [0.25, 0.3) is 6.08 Å². The highest BCUT2D eigenvalue weighted by atomic mass is 16.3. The predicted molar refractivity (Wildman–Crippen MR) is 52.8 cm³/mol. The molecule has 0 saturated heterocycles. The summed E-state index contributed by atoms with van der Waals surface area (Å²) in [6, 6.07) is 5.41. The number of aromatic nitrogens is 1.